The topological polar surface area (TPSA) is 57.7 Å². The van der Waals surface area contributed by atoms with Gasteiger partial charge in [-0.1, -0.05) is 30.3 Å². The van der Waals surface area contributed by atoms with Crippen molar-refractivity contribution in [2.24, 2.45) is 5.41 Å². The minimum Gasteiger partial charge on any atom is -0.345 e. The lowest BCUT2D eigenvalue weighted by Gasteiger charge is -2.37. The van der Waals surface area contributed by atoms with Gasteiger partial charge in [0, 0.05) is 38.7 Å². The Morgan fingerprint density at radius 1 is 1.07 bits per heavy atom. The molecule has 5 heteroatoms. The van der Waals surface area contributed by atoms with Crippen molar-refractivity contribution < 1.29 is 14.4 Å². The van der Waals surface area contributed by atoms with Crippen molar-refractivity contribution in [2.45, 2.75) is 38.5 Å². The molecule has 2 amide bonds. The van der Waals surface area contributed by atoms with Crippen LogP contribution in [0.2, 0.25) is 0 Å². The summed E-state index contributed by atoms with van der Waals surface area (Å²) in [5, 5.41) is 0. The van der Waals surface area contributed by atoms with Crippen LogP contribution in [0.15, 0.2) is 35.9 Å². The standard InChI is InChI=1S/C22H26N2O3/c1-23-12-5-10-22(21(23)27)11-13-24(15-22)20(26)14-18-17(8-9-19(18)25)16-6-3-2-4-7-16/h2-4,6-7H,5,8-15H2,1H3/t22-/m1/s1. The highest BCUT2D eigenvalue weighted by molar-refractivity contribution is 6.10. The molecule has 0 radical (unpaired) electrons. The summed E-state index contributed by atoms with van der Waals surface area (Å²) in [7, 11) is 1.85. The highest BCUT2D eigenvalue weighted by Gasteiger charge is 2.48. The molecule has 2 saturated heterocycles. The zero-order valence-electron chi connectivity index (χ0n) is 15.9. The van der Waals surface area contributed by atoms with E-state index in [4.69, 9.17) is 0 Å². The van der Waals surface area contributed by atoms with Gasteiger partial charge in [-0.2, -0.15) is 0 Å². The summed E-state index contributed by atoms with van der Waals surface area (Å²) in [6.07, 6.45) is 3.94. The molecule has 1 spiro atoms. The normalized spacial score (nSPS) is 25.8. The Balaban J connectivity index is 1.51. The van der Waals surface area contributed by atoms with Gasteiger partial charge in [0.25, 0.3) is 0 Å². The molecule has 3 aliphatic rings. The monoisotopic (exact) mass is 366 g/mol. The number of hydrogen-bond acceptors (Lipinski definition) is 3. The third kappa shape index (κ3) is 3.20. The third-order valence-electron chi connectivity index (χ3n) is 6.41. The Bertz CT molecular complexity index is 814. The molecule has 5 nitrogen and oxygen atoms in total. The van der Waals surface area contributed by atoms with Gasteiger partial charge in [-0.25, -0.2) is 0 Å². The molecule has 0 bridgehead atoms. The van der Waals surface area contributed by atoms with Crippen LogP contribution in [-0.2, 0) is 14.4 Å². The summed E-state index contributed by atoms with van der Waals surface area (Å²) >= 11 is 0. The number of Topliss-reactive ketones (excluding diaryl/α,β-unsaturated/α-hetero) is 1. The number of carbonyl (C=O) groups excluding carboxylic acids is 3. The zero-order valence-corrected chi connectivity index (χ0v) is 15.9. The number of likely N-dealkylation sites (tertiary alicyclic amines) is 2. The van der Waals surface area contributed by atoms with E-state index in [2.05, 4.69) is 0 Å². The minimum absolute atomic E-state index is 0.0217. The Hall–Kier alpha value is -2.43. The summed E-state index contributed by atoms with van der Waals surface area (Å²) in [5.74, 6) is 0.237. The number of allylic oxidation sites excluding steroid dienone is 1. The van der Waals surface area contributed by atoms with Gasteiger partial charge in [-0.3, -0.25) is 14.4 Å². The smallest absolute Gasteiger partial charge is 0.230 e. The molecule has 4 rings (SSSR count). The van der Waals surface area contributed by atoms with E-state index in [0.717, 1.165) is 36.9 Å². The molecule has 1 aromatic carbocycles. The van der Waals surface area contributed by atoms with Crippen LogP contribution in [0.25, 0.3) is 5.57 Å². The zero-order chi connectivity index (χ0) is 19.0. The molecule has 0 saturated carbocycles. The van der Waals surface area contributed by atoms with E-state index in [-0.39, 0.29) is 24.0 Å². The van der Waals surface area contributed by atoms with Gasteiger partial charge >= 0.3 is 0 Å². The van der Waals surface area contributed by atoms with Crippen molar-refractivity contribution >= 4 is 23.2 Å². The summed E-state index contributed by atoms with van der Waals surface area (Å²) in [6, 6.07) is 9.87. The Kier molecular flexibility index (Phi) is 4.62. The fourth-order valence-electron chi connectivity index (χ4n) is 4.87. The number of amides is 2. The molecule has 0 aromatic heterocycles. The Morgan fingerprint density at radius 3 is 2.63 bits per heavy atom. The predicted molar refractivity (Wildman–Crippen MR) is 103 cm³/mol. The summed E-state index contributed by atoms with van der Waals surface area (Å²) in [4.78, 5) is 41.6. The van der Waals surface area contributed by atoms with Crippen LogP contribution in [0, 0.1) is 5.41 Å². The van der Waals surface area contributed by atoms with Crippen LogP contribution in [0.5, 0.6) is 0 Å². The van der Waals surface area contributed by atoms with Crippen molar-refractivity contribution in [1.29, 1.82) is 0 Å². The third-order valence-corrected chi connectivity index (χ3v) is 6.41. The second-order valence-electron chi connectivity index (χ2n) is 8.10. The van der Waals surface area contributed by atoms with E-state index < -0.39 is 5.41 Å². The number of rotatable bonds is 3. The maximum Gasteiger partial charge on any atom is 0.230 e. The number of piperidine rings is 1. The van der Waals surface area contributed by atoms with Crippen LogP contribution >= 0.6 is 0 Å². The van der Waals surface area contributed by atoms with E-state index in [1.165, 1.54) is 0 Å². The van der Waals surface area contributed by atoms with Gasteiger partial charge in [0.15, 0.2) is 5.78 Å². The van der Waals surface area contributed by atoms with E-state index in [9.17, 15) is 14.4 Å². The first kappa shape index (κ1) is 18.0. The first-order valence-electron chi connectivity index (χ1n) is 9.84. The number of hydrogen-bond donors (Lipinski definition) is 0. The van der Waals surface area contributed by atoms with Crippen molar-refractivity contribution in [1.82, 2.24) is 9.80 Å². The Labute approximate surface area is 160 Å². The van der Waals surface area contributed by atoms with Crippen LogP contribution in [0.3, 0.4) is 0 Å². The second-order valence-corrected chi connectivity index (χ2v) is 8.10. The quantitative estimate of drug-likeness (QED) is 0.826. The van der Waals surface area contributed by atoms with Crippen LogP contribution in [-0.4, -0.2) is 54.1 Å². The highest BCUT2D eigenvalue weighted by atomic mass is 16.2. The number of ketones is 1. The molecule has 1 aromatic rings. The Morgan fingerprint density at radius 2 is 1.85 bits per heavy atom. The average molecular weight is 366 g/mol. The van der Waals surface area contributed by atoms with Gasteiger partial charge in [0.1, 0.15) is 0 Å². The maximum absolute atomic E-state index is 13.0. The van der Waals surface area contributed by atoms with Crippen LogP contribution in [0.1, 0.15) is 44.1 Å². The lowest BCUT2D eigenvalue weighted by atomic mass is 9.78. The first-order chi connectivity index (χ1) is 13.0. The predicted octanol–water partition coefficient (Wildman–Crippen LogP) is 2.66. The molecule has 0 N–H and O–H groups in total. The second kappa shape index (κ2) is 6.95. The number of nitrogens with zero attached hydrogens (tertiary/aromatic N) is 2. The van der Waals surface area contributed by atoms with Gasteiger partial charge in [0.05, 0.1) is 11.8 Å². The molecule has 27 heavy (non-hydrogen) atoms. The number of carbonyl (C=O) groups is 3. The molecular formula is C22H26N2O3. The molecule has 2 aliphatic heterocycles. The summed E-state index contributed by atoms with van der Waals surface area (Å²) < 4.78 is 0. The van der Waals surface area contributed by atoms with Crippen molar-refractivity contribution in [3.8, 4) is 0 Å². The van der Waals surface area contributed by atoms with E-state index in [1.54, 1.807) is 9.80 Å². The SMILES string of the molecule is CN1CCC[C@]2(CCN(C(=O)CC3=C(c4ccccc4)CCC3=O)C2)C1=O. The fourth-order valence-corrected chi connectivity index (χ4v) is 4.87. The van der Waals surface area contributed by atoms with Gasteiger partial charge in [-0.15, -0.1) is 0 Å². The summed E-state index contributed by atoms with van der Waals surface area (Å²) in [6.45, 7) is 1.91. The van der Waals surface area contributed by atoms with Crippen molar-refractivity contribution in [3.05, 3.63) is 41.5 Å². The molecule has 1 aliphatic carbocycles. The minimum atomic E-state index is -0.404. The molecule has 2 heterocycles. The van der Waals surface area contributed by atoms with Crippen LogP contribution in [0.4, 0.5) is 0 Å². The highest BCUT2D eigenvalue weighted by Crippen LogP contribution is 2.40. The van der Waals surface area contributed by atoms with E-state index in [1.807, 2.05) is 37.4 Å². The number of benzene rings is 1. The largest absolute Gasteiger partial charge is 0.345 e. The van der Waals surface area contributed by atoms with Gasteiger partial charge < -0.3 is 9.80 Å². The van der Waals surface area contributed by atoms with Crippen molar-refractivity contribution in [2.75, 3.05) is 26.7 Å². The molecule has 2 fully saturated rings. The van der Waals surface area contributed by atoms with Gasteiger partial charge in [-0.05, 0) is 36.8 Å². The summed E-state index contributed by atoms with van der Waals surface area (Å²) in [5.41, 5.74) is 2.31. The maximum atomic E-state index is 13.0. The average Bonchev–Trinajstić information content (AvgIpc) is 3.26. The molecule has 1 atom stereocenters. The van der Waals surface area contributed by atoms with Gasteiger partial charge in [0.2, 0.25) is 11.8 Å². The molecule has 142 valence electrons. The fraction of sp³-hybridized carbons (Fsp3) is 0.500. The lowest BCUT2D eigenvalue weighted by molar-refractivity contribution is -0.144. The molecular weight excluding hydrogens is 340 g/mol. The van der Waals surface area contributed by atoms with Crippen molar-refractivity contribution in [3.63, 3.8) is 0 Å². The van der Waals surface area contributed by atoms with E-state index >= 15 is 0 Å². The molecule has 0 unspecified atom stereocenters. The van der Waals surface area contributed by atoms with Crippen LogP contribution < -0.4 is 0 Å². The lowest BCUT2D eigenvalue weighted by Crippen LogP contribution is -2.48. The van der Waals surface area contributed by atoms with E-state index in [0.29, 0.717) is 31.5 Å². The first-order valence-corrected chi connectivity index (χ1v) is 9.84.